The fourth-order valence-electron chi connectivity index (χ4n) is 3.06. The van der Waals surface area contributed by atoms with Gasteiger partial charge in [0.1, 0.15) is 5.75 Å². The van der Waals surface area contributed by atoms with Crippen molar-refractivity contribution >= 4 is 29.2 Å². The molecular weight excluding hydrogens is 392 g/mol. The summed E-state index contributed by atoms with van der Waals surface area (Å²) in [4.78, 5) is 35.7. The Bertz CT molecular complexity index is 1090. The molecule has 0 atom stereocenters. The van der Waals surface area contributed by atoms with Gasteiger partial charge in [0.2, 0.25) is 5.91 Å². The van der Waals surface area contributed by atoms with Gasteiger partial charge in [0.15, 0.2) is 0 Å². The molecule has 0 aliphatic rings. The molecule has 0 fully saturated rings. The Hall–Kier alpha value is -3.93. The zero-order valence-electron chi connectivity index (χ0n) is 17.5. The second-order valence-electron chi connectivity index (χ2n) is 7.19. The number of amides is 2. The Morgan fingerprint density at radius 2 is 1.52 bits per heavy atom. The predicted octanol–water partition coefficient (Wildman–Crippen LogP) is 4.74. The molecule has 6 heteroatoms. The van der Waals surface area contributed by atoms with Gasteiger partial charge in [0.05, 0.1) is 0 Å². The molecule has 0 aliphatic carbocycles. The number of hydrogen-bond acceptors (Lipinski definition) is 4. The highest BCUT2D eigenvalue weighted by Crippen LogP contribution is 2.18. The first-order chi connectivity index (χ1) is 14.9. The number of carbonyl (C=O) groups is 3. The minimum atomic E-state index is -0.450. The van der Waals surface area contributed by atoms with Crippen molar-refractivity contribution < 1.29 is 19.1 Å². The van der Waals surface area contributed by atoms with Crippen LogP contribution in [-0.4, -0.2) is 17.8 Å². The third-order valence-corrected chi connectivity index (χ3v) is 4.51. The molecule has 0 heterocycles. The number of nitrogens with one attached hydrogen (secondary N) is 2. The van der Waals surface area contributed by atoms with Gasteiger partial charge in [-0.1, -0.05) is 35.9 Å². The summed E-state index contributed by atoms with van der Waals surface area (Å²) in [7, 11) is 0. The van der Waals surface area contributed by atoms with Crippen LogP contribution in [0, 0.1) is 6.92 Å². The molecule has 3 rings (SSSR count). The quantitative estimate of drug-likeness (QED) is 0.430. The minimum Gasteiger partial charge on any atom is -0.427 e. The van der Waals surface area contributed by atoms with Crippen LogP contribution in [0.2, 0.25) is 0 Å². The van der Waals surface area contributed by atoms with Crippen molar-refractivity contribution in [1.29, 1.82) is 0 Å². The highest BCUT2D eigenvalue weighted by Gasteiger charge is 2.09. The van der Waals surface area contributed by atoms with Gasteiger partial charge >= 0.3 is 5.97 Å². The molecule has 3 aromatic rings. The monoisotopic (exact) mass is 416 g/mol. The van der Waals surface area contributed by atoms with Gasteiger partial charge in [-0.3, -0.25) is 14.4 Å². The smallest absolute Gasteiger partial charge is 0.308 e. The molecule has 2 N–H and O–H groups in total. The summed E-state index contributed by atoms with van der Waals surface area (Å²) in [5.41, 5.74) is 3.91. The molecule has 0 saturated heterocycles. The van der Waals surface area contributed by atoms with E-state index in [2.05, 4.69) is 16.7 Å². The summed E-state index contributed by atoms with van der Waals surface area (Å²) < 4.78 is 5.00. The van der Waals surface area contributed by atoms with Gasteiger partial charge in [-0.05, 0) is 61.4 Å². The predicted molar refractivity (Wildman–Crippen MR) is 120 cm³/mol. The number of anilines is 2. The van der Waals surface area contributed by atoms with E-state index >= 15 is 0 Å². The van der Waals surface area contributed by atoms with E-state index < -0.39 is 5.97 Å². The first-order valence-corrected chi connectivity index (χ1v) is 9.94. The number of aryl methyl sites for hydroxylation is 2. The molecule has 6 nitrogen and oxygen atoms in total. The van der Waals surface area contributed by atoms with Crippen LogP contribution in [0.4, 0.5) is 11.4 Å². The SMILES string of the molecule is CC(=O)Oc1cccc(C(=O)Nc2ccc(NC(=O)CCc3cccc(C)c3)cc2)c1. The Balaban J connectivity index is 1.53. The van der Waals surface area contributed by atoms with E-state index in [0.29, 0.717) is 35.5 Å². The topological polar surface area (TPSA) is 84.5 Å². The third kappa shape index (κ3) is 6.82. The summed E-state index contributed by atoms with van der Waals surface area (Å²) >= 11 is 0. The van der Waals surface area contributed by atoms with Crippen molar-refractivity contribution in [3.63, 3.8) is 0 Å². The zero-order valence-corrected chi connectivity index (χ0v) is 17.5. The molecular formula is C25H24N2O4. The number of hydrogen-bond donors (Lipinski definition) is 2. The molecule has 158 valence electrons. The van der Waals surface area contributed by atoms with E-state index in [1.54, 1.807) is 42.5 Å². The Kier molecular flexibility index (Phi) is 7.17. The summed E-state index contributed by atoms with van der Waals surface area (Å²) in [5, 5.41) is 5.64. The van der Waals surface area contributed by atoms with E-state index in [4.69, 9.17) is 4.74 Å². The number of rotatable bonds is 7. The van der Waals surface area contributed by atoms with Crippen LogP contribution < -0.4 is 15.4 Å². The Morgan fingerprint density at radius 3 is 2.19 bits per heavy atom. The molecule has 2 amide bonds. The molecule has 0 aromatic heterocycles. The molecule has 0 unspecified atom stereocenters. The third-order valence-electron chi connectivity index (χ3n) is 4.51. The van der Waals surface area contributed by atoms with Gasteiger partial charge in [-0.2, -0.15) is 0 Å². The van der Waals surface area contributed by atoms with Gasteiger partial charge in [0, 0.05) is 30.3 Å². The van der Waals surface area contributed by atoms with Crippen molar-refractivity contribution in [2.75, 3.05) is 10.6 Å². The van der Waals surface area contributed by atoms with Crippen molar-refractivity contribution in [1.82, 2.24) is 0 Å². The maximum Gasteiger partial charge on any atom is 0.308 e. The standard InChI is InChI=1S/C25H24N2O4/c1-17-5-3-6-19(15-17)9-14-24(29)26-21-10-12-22(13-11-21)27-25(30)20-7-4-8-23(16-20)31-18(2)28/h3-8,10-13,15-16H,9,14H2,1-2H3,(H,26,29)(H,27,30). The molecule has 0 bridgehead atoms. The van der Waals surface area contributed by atoms with Crippen LogP contribution in [0.25, 0.3) is 0 Å². The highest BCUT2D eigenvalue weighted by molar-refractivity contribution is 6.04. The summed E-state index contributed by atoms with van der Waals surface area (Å²) in [5.74, 6) is -0.539. The molecule has 3 aromatic carbocycles. The van der Waals surface area contributed by atoms with Crippen molar-refractivity contribution in [2.45, 2.75) is 26.7 Å². The number of ether oxygens (including phenoxy) is 1. The van der Waals surface area contributed by atoms with E-state index in [1.807, 2.05) is 25.1 Å². The van der Waals surface area contributed by atoms with Crippen molar-refractivity contribution in [3.8, 4) is 5.75 Å². The van der Waals surface area contributed by atoms with E-state index in [0.717, 1.165) is 5.56 Å². The summed E-state index contributed by atoms with van der Waals surface area (Å²) in [6, 6.07) is 21.4. The van der Waals surface area contributed by atoms with E-state index in [1.165, 1.54) is 18.6 Å². The molecule has 0 radical (unpaired) electrons. The van der Waals surface area contributed by atoms with Gasteiger partial charge in [-0.15, -0.1) is 0 Å². The average Bonchev–Trinajstić information content (AvgIpc) is 2.73. The maximum absolute atomic E-state index is 12.4. The van der Waals surface area contributed by atoms with Gasteiger partial charge in [-0.25, -0.2) is 0 Å². The second-order valence-corrected chi connectivity index (χ2v) is 7.19. The maximum atomic E-state index is 12.4. The van der Waals surface area contributed by atoms with Gasteiger partial charge < -0.3 is 15.4 Å². The Morgan fingerprint density at radius 1 is 0.839 bits per heavy atom. The summed E-state index contributed by atoms with van der Waals surface area (Å²) in [6.07, 6.45) is 1.06. The summed E-state index contributed by atoms with van der Waals surface area (Å²) in [6.45, 7) is 3.33. The first-order valence-electron chi connectivity index (χ1n) is 9.94. The lowest BCUT2D eigenvalue weighted by Gasteiger charge is -2.09. The van der Waals surface area contributed by atoms with Crippen molar-refractivity contribution in [2.24, 2.45) is 0 Å². The fraction of sp³-hybridized carbons (Fsp3) is 0.160. The number of esters is 1. The number of benzene rings is 3. The average molecular weight is 416 g/mol. The van der Waals surface area contributed by atoms with E-state index in [9.17, 15) is 14.4 Å². The Labute approximate surface area is 181 Å². The van der Waals surface area contributed by atoms with Crippen LogP contribution >= 0.6 is 0 Å². The zero-order chi connectivity index (χ0) is 22.2. The van der Waals surface area contributed by atoms with Gasteiger partial charge in [0.25, 0.3) is 5.91 Å². The molecule has 0 aliphatic heterocycles. The lowest BCUT2D eigenvalue weighted by molar-refractivity contribution is -0.131. The van der Waals surface area contributed by atoms with Crippen LogP contribution in [-0.2, 0) is 16.0 Å². The van der Waals surface area contributed by atoms with Crippen LogP contribution in [0.5, 0.6) is 5.75 Å². The molecule has 31 heavy (non-hydrogen) atoms. The largest absolute Gasteiger partial charge is 0.427 e. The second kappa shape index (κ2) is 10.2. The lowest BCUT2D eigenvalue weighted by atomic mass is 10.1. The fourth-order valence-corrected chi connectivity index (χ4v) is 3.06. The van der Waals surface area contributed by atoms with Crippen LogP contribution in [0.15, 0.2) is 72.8 Å². The number of carbonyl (C=O) groups excluding carboxylic acids is 3. The molecule has 0 spiro atoms. The van der Waals surface area contributed by atoms with Crippen LogP contribution in [0.3, 0.4) is 0 Å². The van der Waals surface area contributed by atoms with Crippen LogP contribution in [0.1, 0.15) is 34.8 Å². The molecule has 0 saturated carbocycles. The highest BCUT2D eigenvalue weighted by atomic mass is 16.5. The lowest BCUT2D eigenvalue weighted by Crippen LogP contribution is -2.13. The normalized spacial score (nSPS) is 10.3. The minimum absolute atomic E-state index is 0.0689. The van der Waals surface area contributed by atoms with E-state index in [-0.39, 0.29) is 11.8 Å². The first kappa shape index (κ1) is 21.8. The van der Waals surface area contributed by atoms with Crippen molar-refractivity contribution in [3.05, 3.63) is 89.5 Å².